The Morgan fingerprint density at radius 2 is 2.00 bits per heavy atom. The van der Waals surface area contributed by atoms with E-state index in [-0.39, 0.29) is 5.97 Å². The second-order valence-electron chi connectivity index (χ2n) is 4.46. The van der Waals surface area contributed by atoms with Crippen molar-refractivity contribution < 1.29 is 9.53 Å². The summed E-state index contributed by atoms with van der Waals surface area (Å²) in [6, 6.07) is 5.19. The van der Waals surface area contributed by atoms with E-state index in [0.717, 1.165) is 4.90 Å². The Hall–Kier alpha value is -0.895. The lowest BCUT2D eigenvalue weighted by Gasteiger charge is -2.20. The minimum atomic E-state index is -0.478. The van der Waals surface area contributed by atoms with Crippen LogP contribution in [-0.4, -0.2) is 25.7 Å². The van der Waals surface area contributed by atoms with Crippen LogP contribution in [0, 0.1) is 0 Å². The van der Waals surface area contributed by atoms with Gasteiger partial charge in [0, 0.05) is 4.90 Å². The van der Waals surface area contributed by atoms with Gasteiger partial charge in [0.15, 0.2) is 0 Å². The molecule has 0 bridgehead atoms. The molecule has 0 saturated carbocycles. The van der Waals surface area contributed by atoms with E-state index in [9.17, 15) is 4.79 Å². The number of rotatable bonds is 2. The molecule has 0 unspecified atom stereocenters. The van der Waals surface area contributed by atoms with Gasteiger partial charge in [-0.1, -0.05) is 17.6 Å². The summed E-state index contributed by atoms with van der Waals surface area (Å²) in [7, 11) is 5.67. The lowest BCUT2D eigenvalue weighted by Crippen LogP contribution is -2.24. The van der Waals surface area contributed by atoms with E-state index in [1.54, 1.807) is 18.2 Å². The predicted molar refractivity (Wildman–Crippen MR) is 68.8 cm³/mol. The zero-order valence-corrected chi connectivity index (χ0v) is 10.9. The normalized spacial score (nSPS) is 11.2. The van der Waals surface area contributed by atoms with Crippen molar-refractivity contribution in [3.05, 3.63) is 23.8 Å². The minimum Gasteiger partial charge on any atom is -0.456 e. The van der Waals surface area contributed by atoms with Crippen LogP contribution >= 0.6 is 11.8 Å². The maximum absolute atomic E-state index is 11.9. The van der Waals surface area contributed by atoms with Gasteiger partial charge in [0.25, 0.3) is 0 Å². The predicted octanol–water partition coefficient (Wildman–Crippen LogP) is 2.16. The van der Waals surface area contributed by atoms with Crippen LogP contribution in [0.2, 0.25) is 0 Å². The van der Waals surface area contributed by atoms with E-state index >= 15 is 0 Å². The summed E-state index contributed by atoms with van der Waals surface area (Å²) in [6.45, 7) is 5.54. The summed E-state index contributed by atoms with van der Waals surface area (Å²) < 4.78 is 5.31. The third-order valence-electron chi connectivity index (χ3n) is 1.84. The zero-order valence-electron chi connectivity index (χ0n) is 10.0. The number of hydrogen-bond donors (Lipinski definition) is 0. The summed E-state index contributed by atoms with van der Waals surface area (Å²) in [4.78, 5) is 12.7. The van der Waals surface area contributed by atoms with Crippen LogP contribution in [0.3, 0.4) is 0 Å². The van der Waals surface area contributed by atoms with Crippen molar-refractivity contribution in [1.82, 2.24) is 0 Å². The Bertz CT molecular complexity index is 396. The molecule has 0 aliphatic carbocycles. The Labute approximate surface area is 102 Å². The topological polar surface area (TPSA) is 26.3 Å². The molecular formula is C12H15BO2S. The maximum Gasteiger partial charge on any atom is 0.339 e. The molecule has 4 heteroatoms. The quantitative estimate of drug-likeness (QED) is 0.445. The molecule has 0 atom stereocenters. The third kappa shape index (κ3) is 3.60. The SMILES string of the molecule is [B]c1ccc(C(=O)OC(C)(C)C)c(SC)c1. The molecule has 0 aliphatic rings. The number of hydrogen-bond acceptors (Lipinski definition) is 3. The van der Waals surface area contributed by atoms with Crippen molar-refractivity contribution in [1.29, 1.82) is 0 Å². The molecule has 16 heavy (non-hydrogen) atoms. The number of benzene rings is 1. The van der Waals surface area contributed by atoms with Gasteiger partial charge in [-0.3, -0.25) is 0 Å². The molecule has 0 aliphatic heterocycles. The summed E-state index contributed by atoms with van der Waals surface area (Å²) in [6.07, 6.45) is 1.91. The molecule has 1 aromatic carbocycles. The van der Waals surface area contributed by atoms with E-state index in [2.05, 4.69) is 0 Å². The Morgan fingerprint density at radius 1 is 1.38 bits per heavy atom. The maximum atomic E-state index is 11.9. The first-order valence-electron chi connectivity index (χ1n) is 5.00. The second kappa shape index (κ2) is 4.96. The van der Waals surface area contributed by atoms with E-state index < -0.39 is 5.60 Å². The van der Waals surface area contributed by atoms with Crippen molar-refractivity contribution in [3.8, 4) is 0 Å². The Balaban J connectivity index is 2.99. The molecule has 0 N–H and O–H groups in total. The molecule has 0 fully saturated rings. The zero-order chi connectivity index (χ0) is 12.3. The van der Waals surface area contributed by atoms with Gasteiger partial charge in [-0.25, -0.2) is 4.79 Å². The second-order valence-corrected chi connectivity index (χ2v) is 5.31. The highest BCUT2D eigenvalue weighted by atomic mass is 32.2. The fourth-order valence-electron chi connectivity index (χ4n) is 1.21. The van der Waals surface area contributed by atoms with Gasteiger partial charge >= 0.3 is 5.97 Å². The average Bonchev–Trinajstić information content (AvgIpc) is 2.14. The van der Waals surface area contributed by atoms with E-state index in [4.69, 9.17) is 12.6 Å². The molecule has 0 heterocycles. The smallest absolute Gasteiger partial charge is 0.339 e. The average molecular weight is 234 g/mol. The fourth-order valence-corrected chi connectivity index (χ4v) is 1.83. The van der Waals surface area contributed by atoms with E-state index in [1.165, 1.54) is 11.8 Å². The molecule has 0 spiro atoms. The van der Waals surface area contributed by atoms with Gasteiger partial charge in [0.2, 0.25) is 0 Å². The minimum absolute atomic E-state index is 0.308. The lowest BCUT2D eigenvalue weighted by atomic mass is 9.95. The number of ether oxygens (including phenoxy) is 1. The van der Waals surface area contributed by atoms with Gasteiger partial charge in [0.1, 0.15) is 13.4 Å². The highest BCUT2D eigenvalue weighted by molar-refractivity contribution is 7.98. The first-order valence-corrected chi connectivity index (χ1v) is 6.23. The van der Waals surface area contributed by atoms with Crippen LogP contribution < -0.4 is 5.46 Å². The molecule has 84 valence electrons. The molecule has 2 nitrogen and oxygen atoms in total. The van der Waals surface area contributed by atoms with Gasteiger partial charge in [-0.05, 0) is 33.1 Å². The van der Waals surface area contributed by atoms with E-state index in [1.807, 2.05) is 27.0 Å². The number of esters is 1. The fraction of sp³-hybridized carbons (Fsp3) is 0.417. The summed E-state index contributed by atoms with van der Waals surface area (Å²) in [5, 5.41) is 0. The van der Waals surface area contributed by atoms with Crippen molar-refractivity contribution in [2.45, 2.75) is 31.3 Å². The molecule has 0 aromatic heterocycles. The molecule has 0 amide bonds. The number of thioether (sulfide) groups is 1. The lowest BCUT2D eigenvalue weighted by molar-refractivity contribution is 0.00657. The number of carbonyl (C=O) groups excluding carboxylic acids is 1. The Morgan fingerprint density at radius 3 is 2.50 bits per heavy atom. The van der Waals surface area contributed by atoms with Gasteiger partial charge < -0.3 is 4.74 Å². The molecule has 1 aromatic rings. The van der Waals surface area contributed by atoms with Crippen LogP contribution in [0.1, 0.15) is 31.1 Å². The number of carbonyl (C=O) groups is 1. The van der Waals surface area contributed by atoms with Gasteiger partial charge in [-0.15, -0.1) is 11.8 Å². The first-order chi connectivity index (χ1) is 7.33. The summed E-state index contributed by atoms with van der Waals surface area (Å²) in [5.74, 6) is -0.308. The van der Waals surface area contributed by atoms with Crippen molar-refractivity contribution in [2.24, 2.45) is 0 Å². The van der Waals surface area contributed by atoms with Crippen LogP contribution in [0.5, 0.6) is 0 Å². The van der Waals surface area contributed by atoms with Crippen LogP contribution in [0.15, 0.2) is 23.1 Å². The molecule has 2 radical (unpaired) electrons. The Kier molecular flexibility index (Phi) is 4.08. The van der Waals surface area contributed by atoms with Gasteiger partial charge in [-0.2, -0.15) is 0 Å². The van der Waals surface area contributed by atoms with Crippen molar-refractivity contribution in [2.75, 3.05) is 6.26 Å². The van der Waals surface area contributed by atoms with E-state index in [0.29, 0.717) is 11.0 Å². The summed E-state index contributed by atoms with van der Waals surface area (Å²) >= 11 is 1.48. The van der Waals surface area contributed by atoms with Crippen LogP contribution in [0.4, 0.5) is 0 Å². The van der Waals surface area contributed by atoms with Crippen LogP contribution in [0.25, 0.3) is 0 Å². The van der Waals surface area contributed by atoms with Crippen LogP contribution in [-0.2, 0) is 4.74 Å². The first kappa shape index (κ1) is 13.2. The highest BCUT2D eigenvalue weighted by Crippen LogP contribution is 2.21. The molecule has 1 rings (SSSR count). The third-order valence-corrected chi connectivity index (χ3v) is 2.62. The summed E-state index contributed by atoms with van der Waals surface area (Å²) in [5.41, 5.74) is 0.738. The van der Waals surface area contributed by atoms with Gasteiger partial charge in [0.05, 0.1) is 5.56 Å². The standard InChI is InChI=1S/C12H15BO2S/c1-12(2,3)15-11(14)9-6-5-8(13)7-10(9)16-4/h5-7H,1-4H3. The molecule has 0 saturated heterocycles. The largest absolute Gasteiger partial charge is 0.456 e. The van der Waals surface area contributed by atoms with Crippen molar-refractivity contribution in [3.63, 3.8) is 0 Å². The highest BCUT2D eigenvalue weighted by Gasteiger charge is 2.19. The van der Waals surface area contributed by atoms with Crippen molar-refractivity contribution >= 4 is 31.0 Å². The molecular weight excluding hydrogens is 219 g/mol. The monoisotopic (exact) mass is 234 g/mol.